The standard InChI is InChI=1S/C18H34O2.C4H6O7S.Na.H/c1-2-3-4-5-6-7-8-9-10-11-12-13-14-15-16-17-18(19)20;5-3(6)1-2(4(7)8)12(9,10)11;;/h9-10H,2-8,11-17H2,1H3,(H,19,20);2H,1H2,(H,5,6)(H,7,8)(H,9,10,11);;. The zero-order valence-electron chi connectivity index (χ0n) is 19.1. The Morgan fingerprint density at radius 1 is 0.727 bits per heavy atom. The van der Waals surface area contributed by atoms with Gasteiger partial charge in [-0.1, -0.05) is 70.4 Å². The van der Waals surface area contributed by atoms with Gasteiger partial charge in [0.15, 0.2) is 5.25 Å². The number of carboxylic acid groups (broad SMARTS) is 3. The molecule has 33 heavy (non-hydrogen) atoms. The van der Waals surface area contributed by atoms with Crippen molar-refractivity contribution in [2.75, 3.05) is 0 Å². The Labute approximate surface area is 220 Å². The first-order chi connectivity index (χ1) is 15.0. The van der Waals surface area contributed by atoms with Gasteiger partial charge in [0.05, 0.1) is 6.42 Å². The van der Waals surface area contributed by atoms with E-state index in [9.17, 15) is 22.8 Å². The summed E-state index contributed by atoms with van der Waals surface area (Å²) in [6, 6.07) is 0. The Bertz CT molecular complexity index is 648. The molecule has 0 aliphatic carbocycles. The molecule has 0 radical (unpaired) electrons. The van der Waals surface area contributed by atoms with E-state index in [1.54, 1.807) is 0 Å². The summed E-state index contributed by atoms with van der Waals surface area (Å²) < 4.78 is 28.7. The molecule has 0 aromatic heterocycles. The second-order valence-corrected chi connectivity index (χ2v) is 9.27. The maximum absolute atomic E-state index is 10.3. The fraction of sp³-hybridized carbons (Fsp3) is 0.773. The van der Waals surface area contributed by atoms with Crippen LogP contribution in [-0.4, -0.2) is 81.0 Å². The molecule has 0 saturated carbocycles. The van der Waals surface area contributed by atoms with Gasteiger partial charge in [0.2, 0.25) is 0 Å². The number of carboxylic acids is 3. The normalized spacial score (nSPS) is 11.8. The Hall–Kier alpha value is -0.940. The van der Waals surface area contributed by atoms with E-state index in [-0.39, 0.29) is 29.6 Å². The number of allylic oxidation sites excluding steroid dienone is 2. The molecule has 1 atom stereocenters. The van der Waals surface area contributed by atoms with Crippen molar-refractivity contribution >= 4 is 57.6 Å². The summed E-state index contributed by atoms with van der Waals surface area (Å²) in [4.78, 5) is 30.3. The second kappa shape index (κ2) is 24.2. The van der Waals surface area contributed by atoms with Crippen molar-refractivity contribution in [1.82, 2.24) is 0 Å². The van der Waals surface area contributed by atoms with Crippen LogP contribution < -0.4 is 0 Å². The van der Waals surface area contributed by atoms with Gasteiger partial charge in [-0.05, 0) is 32.1 Å². The molecule has 0 rings (SSSR count). The summed E-state index contributed by atoms with van der Waals surface area (Å²) >= 11 is 0. The van der Waals surface area contributed by atoms with Gasteiger partial charge in [-0.25, -0.2) is 0 Å². The minimum absolute atomic E-state index is 0. The van der Waals surface area contributed by atoms with Gasteiger partial charge in [-0.3, -0.25) is 18.9 Å². The van der Waals surface area contributed by atoms with Gasteiger partial charge in [-0.15, -0.1) is 0 Å². The minimum atomic E-state index is -4.84. The van der Waals surface area contributed by atoms with E-state index in [4.69, 9.17) is 19.9 Å². The molecule has 0 spiro atoms. The molecule has 190 valence electrons. The summed E-state index contributed by atoms with van der Waals surface area (Å²) in [6.07, 6.45) is 20.1. The molecule has 0 bridgehead atoms. The van der Waals surface area contributed by atoms with Crippen molar-refractivity contribution in [3.8, 4) is 0 Å². The van der Waals surface area contributed by atoms with Crippen LogP contribution in [-0.2, 0) is 24.5 Å². The molecule has 4 N–H and O–H groups in total. The summed E-state index contributed by atoms with van der Waals surface area (Å²) in [5.41, 5.74) is 0. The van der Waals surface area contributed by atoms with Crippen molar-refractivity contribution in [3.05, 3.63) is 12.2 Å². The molecule has 0 heterocycles. The molecule has 0 fully saturated rings. The number of hydrogen-bond donors (Lipinski definition) is 4. The predicted molar refractivity (Wildman–Crippen MR) is 129 cm³/mol. The zero-order valence-corrected chi connectivity index (χ0v) is 19.9. The van der Waals surface area contributed by atoms with Crippen LogP contribution in [0.4, 0.5) is 0 Å². The number of carbonyl (C=O) groups is 3. The van der Waals surface area contributed by atoms with Gasteiger partial charge in [0.25, 0.3) is 10.1 Å². The van der Waals surface area contributed by atoms with Crippen LogP contribution in [0.5, 0.6) is 0 Å². The number of hydrogen-bond acceptors (Lipinski definition) is 5. The van der Waals surface area contributed by atoms with Crippen LogP contribution in [0.3, 0.4) is 0 Å². The van der Waals surface area contributed by atoms with E-state index in [1.807, 2.05) is 0 Å². The number of aliphatic carboxylic acids is 3. The monoisotopic (exact) mass is 504 g/mol. The molecule has 0 amide bonds. The maximum atomic E-state index is 10.3. The summed E-state index contributed by atoms with van der Waals surface area (Å²) in [5.74, 6) is -4.16. The van der Waals surface area contributed by atoms with E-state index in [0.29, 0.717) is 6.42 Å². The fourth-order valence-electron chi connectivity index (χ4n) is 2.83. The SMILES string of the molecule is CCCCCCCCC=CCCCCCCCC(=O)O.O=C(O)CC(C(=O)O)S(=O)(=O)O.[NaH]. The Kier molecular flexibility index (Phi) is 26.9. The van der Waals surface area contributed by atoms with Crippen LogP contribution >= 0.6 is 0 Å². The van der Waals surface area contributed by atoms with Crippen molar-refractivity contribution in [2.45, 2.75) is 108 Å². The van der Waals surface area contributed by atoms with E-state index in [2.05, 4.69) is 19.1 Å². The fourth-order valence-corrected chi connectivity index (χ4v) is 3.43. The third-order valence-corrected chi connectivity index (χ3v) is 5.73. The molecule has 0 aromatic carbocycles. The molecule has 0 saturated heterocycles. The van der Waals surface area contributed by atoms with E-state index < -0.39 is 39.7 Å². The third-order valence-electron chi connectivity index (χ3n) is 4.65. The van der Waals surface area contributed by atoms with Gasteiger partial charge in [0, 0.05) is 6.42 Å². The van der Waals surface area contributed by atoms with Gasteiger partial charge in [0.1, 0.15) is 0 Å². The summed E-state index contributed by atoms with van der Waals surface area (Å²) in [5, 5.41) is 22.4. The molecule has 0 aromatic rings. The van der Waals surface area contributed by atoms with Crippen LogP contribution in [0, 0.1) is 0 Å². The first kappa shape index (κ1) is 36.6. The first-order valence-electron chi connectivity index (χ1n) is 11.3. The predicted octanol–water partition coefficient (Wildman–Crippen LogP) is 4.26. The van der Waals surface area contributed by atoms with Crippen LogP contribution in [0.25, 0.3) is 0 Å². The second-order valence-electron chi connectivity index (χ2n) is 7.67. The van der Waals surface area contributed by atoms with E-state index in [1.165, 1.54) is 70.6 Å². The van der Waals surface area contributed by atoms with Gasteiger partial charge in [-0.2, -0.15) is 8.42 Å². The third kappa shape index (κ3) is 29.0. The molecule has 0 aliphatic rings. The van der Waals surface area contributed by atoms with Crippen LogP contribution in [0.15, 0.2) is 12.2 Å². The number of unbranched alkanes of at least 4 members (excludes halogenated alkanes) is 11. The Morgan fingerprint density at radius 2 is 1.15 bits per heavy atom. The van der Waals surface area contributed by atoms with Crippen molar-refractivity contribution in [3.63, 3.8) is 0 Å². The zero-order chi connectivity index (χ0) is 24.8. The first-order valence-corrected chi connectivity index (χ1v) is 12.8. The molecule has 11 heteroatoms. The number of rotatable bonds is 19. The molecular formula is C22H41NaO9S. The average molecular weight is 505 g/mol. The van der Waals surface area contributed by atoms with E-state index in [0.717, 1.165) is 12.8 Å². The van der Waals surface area contributed by atoms with Crippen LogP contribution in [0.2, 0.25) is 0 Å². The van der Waals surface area contributed by atoms with E-state index >= 15 is 0 Å². The molecule has 1 unspecified atom stereocenters. The van der Waals surface area contributed by atoms with Gasteiger partial charge >= 0.3 is 47.5 Å². The van der Waals surface area contributed by atoms with Crippen molar-refractivity contribution in [1.29, 1.82) is 0 Å². The quantitative estimate of drug-likeness (QED) is 0.0869. The molecule has 9 nitrogen and oxygen atoms in total. The van der Waals surface area contributed by atoms with Crippen molar-refractivity contribution < 1.29 is 42.7 Å². The van der Waals surface area contributed by atoms with Crippen LogP contribution in [0.1, 0.15) is 103 Å². The summed E-state index contributed by atoms with van der Waals surface area (Å²) in [6.45, 7) is 2.26. The molecular weight excluding hydrogens is 463 g/mol. The summed E-state index contributed by atoms with van der Waals surface area (Å²) in [7, 11) is -4.84. The average Bonchev–Trinajstić information content (AvgIpc) is 2.68. The van der Waals surface area contributed by atoms with Crippen molar-refractivity contribution in [2.24, 2.45) is 0 Å². The Morgan fingerprint density at radius 3 is 1.48 bits per heavy atom. The van der Waals surface area contributed by atoms with Gasteiger partial charge < -0.3 is 15.3 Å². The molecule has 0 aliphatic heterocycles. The topological polar surface area (TPSA) is 166 Å². The Balaban J connectivity index is -0.000000596.